The van der Waals surface area contributed by atoms with Gasteiger partial charge in [-0.3, -0.25) is 4.79 Å². The number of ether oxygens (including phenoxy) is 1. The van der Waals surface area contributed by atoms with Crippen molar-refractivity contribution in [3.8, 4) is 0 Å². The van der Waals surface area contributed by atoms with Crippen LogP contribution in [0.1, 0.15) is 34.1 Å². The van der Waals surface area contributed by atoms with Gasteiger partial charge in [0.25, 0.3) is 5.91 Å². The number of thiazole rings is 1. The first-order valence-corrected chi connectivity index (χ1v) is 11.1. The lowest BCUT2D eigenvalue weighted by molar-refractivity contribution is 0.0696. The lowest BCUT2D eigenvalue weighted by Gasteiger charge is -2.22. The van der Waals surface area contributed by atoms with Gasteiger partial charge in [-0.25, -0.2) is 15.0 Å². The minimum absolute atomic E-state index is 0.136. The molecule has 2 aromatic heterocycles. The van der Waals surface area contributed by atoms with E-state index in [9.17, 15) is 4.79 Å². The third-order valence-electron chi connectivity index (χ3n) is 5.70. The van der Waals surface area contributed by atoms with Gasteiger partial charge in [0.05, 0.1) is 0 Å². The molecule has 156 valence electrons. The van der Waals surface area contributed by atoms with Crippen molar-refractivity contribution in [1.82, 2.24) is 25.6 Å². The van der Waals surface area contributed by atoms with E-state index >= 15 is 0 Å². The Kier molecular flexibility index (Phi) is 5.32. The van der Waals surface area contributed by atoms with Gasteiger partial charge >= 0.3 is 0 Å². The normalized spacial score (nSPS) is 19.2. The van der Waals surface area contributed by atoms with E-state index in [-0.39, 0.29) is 11.9 Å². The molecular weight excluding hydrogens is 400 g/mol. The van der Waals surface area contributed by atoms with Crippen LogP contribution in [-0.4, -0.2) is 60.3 Å². The molecule has 0 bridgehead atoms. The number of fused-ring (bicyclic) bond motifs is 2. The molecule has 1 unspecified atom stereocenters. The number of amides is 1. The van der Waals surface area contributed by atoms with Crippen LogP contribution in [0.25, 0.3) is 10.3 Å². The number of hydrogen-bond acceptors (Lipinski definition) is 8. The maximum atomic E-state index is 12.8. The number of likely N-dealkylation sites (N-methyl/N-ethyl adjacent to an activating group) is 1. The molecule has 3 aromatic rings. The van der Waals surface area contributed by atoms with Crippen LogP contribution >= 0.6 is 11.3 Å². The van der Waals surface area contributed by atoms with E-state index in [1.165, 1.54) is 16.9 Å². The van der Waals surface area contributed by atoms with E-state index in [0.717, 1.165) is 42.3 Å². The van der Waals surface area contributed by atoms with Crippen LogP contribution in [0.2, 0.25) is 0 Å². The highest BCUT2D eigenvalue weighted by atomic mass is 32.1. The second kappa shape index (κ2) is 8.25. The second-order valence-electron chi connectivity index (χ2n) is 7.65. The van der Waals surface area contributed by atoms with Gasteiger partial charge in [-0.15, -0.1) is 0 Å². The van der Waals surface area contributed by atoms with Crippen LogP contribution in [0.15, 0.2) is 30.6 Å². The molecule has 0 saturated carbocycles. The zero-order valence-electron chi connectivity index (χ0n) is 16.8. The number of para-hydroxylation sites is 1. The van der Waals surface area contributed by atoms with Crippen LogP contribution in [0.4, 0.5) is 11.5 Å². The summed E-state index contributed by atoms with van der Waals surface area (Å²) in [6, 6.07) is 8.53. The van der Waals surface area contributed by atoms with Crippen molar-refractivity contribution in [3.05, 3.63) is 41.2 Å². The van der Waals surface area contributed by atoms with Gasteiger partial charge in [-0.05, 0) is 31.5 Å². The Balaban J connectivity index is 1.47. The van der Waals surface area contributed by atoms with Crippen molar-refractivity contribution >= 4 is 39.1 Å². The monoisotopic (exact) mass is 424 g/mol. The minimum atomic E-state index is -0.147. The van der Waals surface area contributed by atoms with E-state index in [1.54, 1.807) is 6.33 Å². The highest BCUT2D eigenvalue weighted by Crippen LogP contribution is 2.42. The largest absolute Gasteiger partial charge is 0.381 e. The van der Waals surface area contributed by atoms with Crippen LogP contribution in [0, 0.1) is 0 Å². The number of carbonyl (C=O) groups is 1. The van der Waals surface area contributed by atoms with Crippen molar-refractivity contribution in [2.75, 3.05) is 38.3 Å². The lowest BCUT2D eigenvalue weighted by Crippen LogP contribution is -2.38. The van der Waals surface area contributed by atoms with E-state index in [1.807, 2.05) is 13.1 Å². The number of nitrogens with zero attached hydrogens (tertiary/aromatic N) is 4. The van der Waals surface area contributed by atoms with Gasteiger partial charge in [0.15, 0.2) is 10.8 Å². The first-order chi connectivity index (χ1) is 14.7. The fourth-order valence-electron chi connectivity index (χ4n) is 4.24. The molecule has 4 heterocycles. The first-order valence-electron chi connectivity index (χ1n) is 10.3. The number of nitrogens with one attached hydrogen (secondary N) is 2. The van der Waals surface area contributed by atoms with Crippen LogP contribution in [-0.2, 0) is 4.74 Å². The Hall–Kier alpha value is -2.62. The van der Waals surface area contributed by atoms with Gasteiger partial charge in [0.2, 0.25) is 0 Å². The zero-order valence-corrected chi connectivity index (χ0v) is 17.6. The van der Waals surface area contributed by atoms with Crippen LogP contribution in [0.5, 0.6) is 0 Å². The number of rotatable bonds is 5. The highest BCUT2D eigenvalue weighted by molar-refractivity contribution is 7.20. The number of anilines is 2. The maximum Gasteiger partial charge on any atom is 0.280 e. The van der Waals surface area contributed by atoms with Crippen molar-refractivity contribution in [2.24, 2.45) is 0 Å². The summed E-state index contributed by atoms with van der Waals surface area (Å²) < 4.78 is 5.37. The quantitative estimate of drug-likeness (QED) is 0.650. The summed E-state index contributed by atoms with van der Waals surface area (Å²) in [6.45, 7) is 3.07. The number of hydrogen-bond donors (Lipinski definition) is 2. The standard InChI is InChI=1S/C21H24N6O2S/c1-22-10-13-11-27(16-5-3-2-4-15(13)16)18-17-20(24-12-23-18)30-21(26-17)19(28)25-14-6-8-29-9-7-14/h2-5,12-14,22H,6-11H2,1H3,(H,25,28). The van der Waals surface area contributed by atoms with Crippen LogP contribution < -0.4 is 15.5 Å². The Morgan fingerprint density at radius 1 is 1.27 bits per heavy atom. The van der Waals surface area contributed by atoms with Crippen molar-refractivity contribution < 1.29 is 9.53 Å². The molecule has 8 nitrogen and oxygen atoms in total. The van der Waals surface area contributed by atoms with E-state index < -0.39 is 0 Å². The summed E-state index contributed by atoms with van der Waals surface area (Å²) in [7, 11) is 1.97. The average Bonchev–Trinajstić information content (AvgIpc) is 3.37. The Morgan fingerprint density at radius 3 is 2.93 bits per heavy atom. The average molecular weight is 425 g/mol. The predicted octanol–water partition coefficient (Wildman–Crippen LogP) is 2.45. The Bertz CT molecular complexity index is 1060. The molecule has 2 N–H and O–H groups in total. The van der Waals surface area contributed by atoms with Crippen LogP contribution in [0.3, 0.4) is 0 Å². The summed E-state index contributed by atoms with van der Waals surface area (Å²) in [4.78, 5) is 29.3. The molecule has 0 aliphatic carbocycles. The van der Waals surface area contributed by atoms with Gasteiger partial charge < -0.3 is 20.3 Å². The third kappa shape index (κ3) is 3.53. The molecule has 9 heteroatoms. The predicted molar refractivity (Wildman–Crippen MR) is 117 cm³/mol. The highest BCUT2D eigenvalue weighted by Gasteiger charge is 2.31. The number of benzene rings is 1. The molecule has 1 saturated heterocycles. The summed E-state index contributed by atoms with van der Waals surface area (Å²) in [5, 5.41) is 6.79. The molecule has 5 rings (SSSR count). The Morgan fingerprint density at radius 2 is 2.10 bits per heavy atom. The second-order valence-corrected chi connectivity index (χ2v) is 8.63. The SMILES string of the molecule is CNCC1CN(c2ncnc3sc(C(=O)NC4CCOCC4)nc23)c2ccccc21. The smallest absolute Gasteiger partial charge is 0.280 e. The topological polar surface area (TPSA) is 92.3 Å². The summed E-state index contributed by atoms with van der Waals surface area (Å²) >= 11 is 1.31. The molecule has 2 aliphatic heterocycles. The molecule has 1 aromatic carbocycles. The fraction of sp³-hybridized carbons (Fsp3) is 0.429. The molecule has 1 atom stereocenters. The zero-order chi connectivity index (χ0) is 20.5. The van der Waals surface area contributed by atoms with Crippen molar-refractivity contribution in [2.45, 2.75) is 24.8 Å². The lowest BCUT2D eigenvalue weighted by atomic mass is 10.0. The number of aromatic nitrogens is 3. The van der Waals surface area contributed by atoms with E-state index in [0.29, 0.717) is 29.7 Å². The minimum Gasteiger partial charge on any atom is -0.381 e. The van der Waals surface area contributed by atoms with Gasteiger partial charge in [-0.1, -0.05) is 29.5 Å². The van der Waals surface area contributed by atoms with Gasteiger partial charge in [-0.2, -0.15) is 0 Å². The molecule has 30 heavy (non-hydrogen) atoms. The fourth-order valence-corrected chi connectivity index (χ4v) is 5.05. The first kappa shape index (κ1) is 19.3. The van der Waals surface area contributed by atoms with Crippen molar-refractivity contribution in [1.29, 1.82) is 0 Å². The summed E-state index contributed by atoms with van der Waals surface area (Å²) in [6.07, 6.45) is 3.22. The molecule has 0 radical (unpaired) electrons. The summed E-state index contributed by atoms with van der Waals surface area (Å²) in [5.41, 5.74) is 3.12. The molecule has 1 amide bonds. The van der Waals surface area contributed by atoms with Gasteiger partial charge in [0, 0.05) is 44.0 Å². The maximum absolute atomic E-state index is 12.8. The van der Waals surface area contributed by atoms with Gasteiger partial charge in [0.1, 0.15) is 16.7 Å². The van der Waals surface area contributed by atoms with E-state index in [2.05, 4.69) is 48.7 Å². The molecule has 0 spiro atoms. The molecule has 2 aliphatic rings. The molecular formula is C21H24N6O2S. The summed E-state index contributed by atoms with van der Waals surface area (Å²) in [5.74, 6) is 0.976. The number of carbonyl (C=O) groups excluding carboxylic acids is 1. The Labute approximate surface area is 178 Å². The molecule has 1 fully saturated rings. The van der Waals surface area contributed by atoms with E-state index in [4.69, 9.17) is 4.74 Å². The third-order valence-corrected chi connectivity index (χ3v) is 6.67. The van der Waals surface area contributed by atoms with Crippen molar-refractivity contribution in [3.63, 3.8) is 0 Å².